The van der Waals surface area contributed by atoms with E-state index in [1.165, 1.54) is 0 Å². The Morgan fingerprint density at radius 2 is 2.21 bits per heavy atom. The predicted molar refractivity (Wildman–Crippen MR) is 97.9 cm³/mol. The smallest absolute Gasteiger partial charge is 0.271 e. The number of carbonyl (C=O) groups excluding carboxylic acids is 1. The highest BCUT2D eigenvalue weighted by Gasteiger charge is 2.17. The molecule has 0 bridgehead atoms. The van der Waals surface area contributed by atoms with Crippen molar-refractivity contribution in [3.8, 4) is 0 Å². The van der Waals surface area contributed by atoms with Crippen LogP contribution in [0.25, 0.3) is 0 Å². The highest BCUT2D eigenvalue weighted by Crippen LogP contribution is 2.19. The number of aromatic nitrogens is 2. The number of halogens is 1. The van der Waals surface area contributed by atoms with E-state index in [4.69, 9.17) is 11.6 Å². The van der Waals surface area contributed by atoms with Gasteiger partial charge in [0.2, 0.25) is 0 Å². The van der Waals surface area contributed by atoms with Crippen LogP contribution in [-0.2, 0) is 0 Å². The van der Waals surface area contributed by atoms with E-state index in [-0.39, 0.29) is 5.91 Å². The van der Waals surface area contributed by atoms with Crippen molar-refractivity contribution in [1.82, 2.24) is 20.4 Å². The van der Waals surface area contributed by atoms with E-state index in [9.17, 15) is 4.79 Å². The molecule has 1 aliphatic rings. The minimum absolute atomic E-state index is 0.116. The first-order chi connectivity index (χ1) is 11.7. The van der Waals surface area contributed by atoms with Gasteiger partial charge in [0.25, 0.3) is 5.91 Å². The standard InChI is InChI=1S/C17H21ClN4OS/c18-13-3-5-15(6-4-13)24-11-9-20-17(23)16-7-10-22(21-16)14-2-1-8-19-12-14/h3-7,10,14,19H,1-2,8-9,11-12H2,(H,20,23). The van der Waals surface area contributed by atoms with Gasteiger partial charge in [-0.3, -0.25) is 9.48 Å². The molecular formula is C17H21ClN4OS. The quantitative estimate of drug-likeness (QED) is 0.611. The zero-order valence-electron chi connectivity index (χ0n) is 13.4. The van der Waals surface area contributed by atoms with E-state index in [1.807, 2.05) is 35.1 Å². The van der Waals surface area contributed by atoms with Crippen molar-refractivity contribution in [2.45, 2.75) is 23.8 Å². The Balaban J connectivity index is 1.43. The Kier molecular flexibility index (Phi) is 6.18. The summed E-state index contributed by atoms with van der Waals surface area (Å²) in [6.07, 6.45) is 4.15. The lowest BCUT2D eigenvalue weighted by molar-refractivity contribution is 0.0950. The topological polar surface area (TPSA) is 59.0 Å². The number of hydrogen-bond donors (Lipinski definition) is 2. The molecule has 1 saturated heterocycles. The van der Waals surface area contributed by atoms with Crippen molar-refractivity contribution in [3.63, 3.8) is 0 Å². The molecule has 1 fully saturated rings. The molecule has 1 aromatic carbocycles. The number of carbonyl (C=O) groups is 1. The molecule has 1 unspecified atom stereocenters. The van der Waals surface area contributed by atoms with Gasteiger partial charge in [-0.05, 0) is 49.7 Å². The maximum Gasteiger partial charge on any atom is 0.271 e. The van der Waals surface area contributed by atoms with Crippen molar-refractivity contribution < 1.29 is 4.79 Å². The van der Waals surface area contributed by atoms with Gasteiger partial charge in [-0.25, -0.2) is 0 Å². The second-order valence-electron chi connectivity index (χ2n) is 5.74. The predicted octanol–water partition coefficient (Wildman–Crippen LogP) is 2.98. The number of nitrogens with zero attached hydrogens (tertiary/aromatic N) is 2. The molecule has 128 valence electrons. The summed E-state index contributed by atoms with van der Waals surface area (Å²) in [4.78, 5) is 13.3. The highest BCUT2D eigenvalue weighted by atomic mass is 35.5. The molecular weight excluding hydrogens is 344 g/mol. The highest BCUT2D eigenvalue weighted by molar-refractivity contribution is 7.99. The van der Waals surface area contributed by atoms with Gasteiger partial charge in [-0.2, -0.15) is 5.10 Å². The lowest BCUT2D eigenvalue weighted by atomic mass is 10.1. The molecule has 3 rings (SSSR count). The largest absolute Gasteiger partial charge is 0.350 e. The fourth-order valence-corrected chi connectivity index (χ4v) is 3.57. The second kappa shape index (κ2) is 8.55. The van der Waals surface area contributed by atoms with Crippen LogP contribution >= 0.6 is 23.4 Å². The summed E-state index contributed by atoms with van der Waals surface area (Å²) in [5.41, 5.74) is 0.483. The van der Waals surface area contributed by atoms with E-state index >= 15 is 0 Å². The van der Waals surface area contributed by atoms with E-state index in [1.54, 1.807) is 17.8 Å². The van der Waals surface area contributed by atoms with Gasteiger partial charge in [0, 0.05) is 35.0 Å². The summed E-state index contributed by atoms with van der Waals surface area (Å²) in [5, 5.41) is 11.4. The molecule has 0 saturated carbocycles. The van der Waals surface area contributed by atoms with Crippen LogP contribution in [0.2, 0.25) is 5.02 Å². The van der Waals surface area contributed by atoms with Crippen LogP contribution in [-0.4, -0.2) is 41.1 Å². The Morgan fingerprint density at radius 1 is 1.38 bits per heavy atom. The average molecular weight is 365 g/mol. The summed E-state index contributed by atoms with van der Waals surface area (Å²) in [6.45, 7) is 2.58. The third-order valence-electron chi connectivity index (χ3n) is 3.96. The van der Waals surface area contributed by atoms with Crippen molar-refractivity contribution in [1.29, 1.82) is 0 Å². The van der Waals surface area contributed by atoms with Gasteiger partial charge in [-0.15, -0.1) is 11.8 Å². The summed E-state index contributed by atoms with van der Waals surface area (Å²) < 4.78 is 1.91. The number of hydrogen-bond acceptors (Lipinski definition) is 4. The Bertz CT molecular complexity index is 667. The van der Waals surface area contributed by atoms with Crippen LogP contribution in [0.15, 0.2) is 41.4 Å². The summed E-state index contributed by atoms with van der Waals surface area (Å²) in [7, 11) is 0. The Labute approximate surface area is 151 Å². The van der Waals surface area contributed by atoms with Crippen LogP contribution in [0.3, 0.4) is 0 Å². The lowest BCUT2D eigenvalue weighted by Gasteiger charge is -2.22. The first-order valence-electron chi connectivity index (χ1n) is 8.15. The molecule has 2 heterocycles. The molecule has 1 aliphatic heterocycles. The number of benzene rings is 1. The first-order valence-corrected chi connectivity index (χ1v) is 9.51. The molecule has 7 heteroatoms. The van der Waals surface area contributed by atoms with Gasteiger partial charge in [0.1, 0.15) is 5.69 Å². The molecule has 0 aliphatic carbocycles. The molecule has 1 amide bonds. The molecule has 2 aromatic rings. The van der Waals surface area contributed by atoms with E-state index in [2.05, 4.69) is 15.7 Å². The molecule has 0 spiro atoms. The van der Waals surface area contributed by atoms with Gasteiger partial charge in [-0.1, -0.05) is 11.6 Å². The lowest BCUT2D eigenvalue weighted by Crippen LogP contribution is -2.32. The normalized spacial score (nSPS) is 17.6. The molecule has 0 radical (unpaired) electrons. The Morgan fingerprint density at radius 3 is 2.96 bits per heavy atom. The SMILES string of the molecule is O=C(NCCSc1ccc(Cl)cc1)c1ccn(C2CCCNC2)n1. The average Bonchev–Trinajstić information content (AvgIpc) is 3.11. The van der Waals surface area contributed by atoms with Crippen molar-refractivity contribution >= 4 is 29.3 Å². The molecule has 1 atom stereocenters. The summed E-state index contributed by atoms with van der Waals surface area (Å²) in [6, 6.07) is 9.84. The molecule has 1 aromatic heterocycles. The van der Waals surface area contributed by atoms with Gasteiger partial charge in [0.15, 0.2) is 0 Å². The van der Waals surface area contributed by atoms with Crippen LogP contribution in [0, 0.1) is 0 Å². The van der Waals surface area contributed by atoms with Crippen LogP contribution in [0.4, 0.5) is 0 Å². The number of amides is 1. The number of nitrogens with one attached hydrogen (secondary N) is 2. The van der Waals surface area contributed by atoms with E-state index in [0.29, 0.717) is 18.3 Å². The van der Waals surface area contributed by atoms with Gasteiger partial charge >= 0.3 is 0 Å². The molecule has 24 heavy (non-hydrogen) atoms. The maximum atomic E-state index is 12.2. The number of piperidine rings is 1. The van der Waals surface area contributed by atoms with Crippen molar-refractivity contribution in [2.24, 2.45) is 0 Å². The Hall–Kier alpha value is -1.50. The zero-order valence-corrected chi connectivity index (χ0v) is 14.9. The van der Waals surface area contributed by atoms with Crippen molar-refractivity contribution in [2.75, 3.05) is 25.4 Å². The van der Waals surface area contributed by atoms with E-state index in [0.717, 1.165) is 41.6 Å². The molecule has 2 N–H and O–H groups in total. The van der Waals surface area contributed by atoms with Gasteiger partial charge < -0.3 is 10.6 Å². The number of rotatable bonds is 6. The van der Waals surface area contributed by atoms with Gasteiger partial charge in [0.05, 0.1) is 6.04 Å². The number of thioether (sulfide) groups is 1. The van der Waals surface area contributed by atoms with Crippen LogP contribution in [0.1, 0.15) is 29.4 Å². The van der Waals surface area contributed by atoms with Crippen molar-refractivity contribution in [3.05, 3.63) is 47.2 Å². The molecule has 5 nitrogen and oxygen atoms in total. The van der Waals surface area contributed by atoms with Crippen LogP contribution < -0.4 is 10.6 Å². The maximum absolute atomic E-state index is 12.2. The minimum Gasteiger partial charge on any atom is -0.350 e. The van der Waals surface area contributed by atoms with Crippen LogP contribution in [0.5, 0.6) is 0 Å². The van der Waals surface area contributed by atoms with E-state index < -0.39 is 0 Å². The zero-order chi connectivity index (χ0) is 16.8. The monoisotopic (exact) mass is 364 g/mol. The fourth-order valence-electron chi connectivity index (χ4n) is 2.68. The second-order valence-corrected chi connectivity index (χ2v) is 7.34. The fraction of sp³-hybridized carbons (Fsp3) is 0.412. The summed E-state index contributed by atoms with van der Waals surface area (Å²) >= 11 is 7.55. The summed E-state index contributed by atoms with van der Waals surface area (Å²) in [5.74, 6) is 0.690. The minimum atomic E-state index is -0.116. The first kappa shape index (κ1) is 17.3. The third-order valence-corrected chi connectivity index (χ3v) is 5.22. The third kappa shape index (κ3) is 4.75.